The zero-order chi connectivity index (χ0) is 13.2. The maximum atomic E-state index is 12.9. The van der Waals surface area contributed by atoms with E-state index in [4.69, 9.17) is 5.73 Å². The first-order valence-corrected chi connectivity index (χ1v) is 6.28. The van der Waals surface area contributed by atoms with E-state index in [-0.39, 0.29) is 12.4 Å². The monoisotopic (exact) mass is 251 g/mol. The minimum Gasteiger partial charge on any atom is -0.481 e. The van der Waals surface area contributed by atoms with Crippen molar-refractivity contribution in [2.24, 2.45) is 11.7 Å². The molecule has 1 atom stereocenters. The fourth-order valence-electron chi connectivity index (χ4n) is 2.58. The molecular formula is C14H18FNO2. The van der Waals surface area contributed by atoms with Crippen molar-refractivity contribution in [3.63, 3.8) is 0 Å². The summed E-state index contributed by atoms with van der Waals surface area (Å²) in [4.78, 5) is 11.6. The summed E-state index contributed by atoms with van der Waals surface area (Å²) >= 11 is 0. The first kappa shape index (κ1) is 13.0. The van der Waals surface area contributed by atoms with E-state index >= 15 is 0 Å². The molecule has 0 heterocycles. The molecule has 3 N–H and O–H groups in total. The Bertz CT molecular complexity index is 428. The van der Waals surface area contributed by atoms with Crippen molar-refractivity contribution in [1.82, 2.24) is 0 Å². The first-order chi connectivity index (χ1) is 8.58. The van der Waals surface area contributed by atoms with Gasteiger partial charge in [0.15, 0.2) is 0 Å². The van der Waals surface area contributed by atoms with Crippen LogP contribution in [0.15, 0.2) is 24.3 Å². The Balaban J connectivity index is 2.32. The summed E-state index contributed by atoms with van der Waals surface area (Å²) in [6, 6.07) is 5.66. The van der Waals surface area contributed by atoms with Crippen LogP contribution < -0.4 is 5.73 Å². The zero-order valence-electron chi connectivity index (χ0n) is 10.2. The predicted octanol–water partition coefficient (Wildman–Crippen LogP) is 2.30. The van der Waals surface area contributed by atoms with Gasteiger partial charge in [-0.15, -0.1) is 0 Å². The predicted molar refractivity (Wildman–Crippen MR) is 66.7 cm³/mol. The van der Waals surface area contributed by atoms with E-state index < -0.39 is 11.4 Å². The van der Waals surface area contributed by atoms with E-state index in [0.717, 1.165) is 19.3 Å². The van der Waals surface area contributed by atoms with E-state index in [9.17, 15) is 14.3 Å². The van der Waals surface area contributed by atoms with Crippen LogP contribution in [0.25, 0.3) is 0 Å². The van der Waals surface area contributed by atoms with Crippen LogP contribution in [0.2, 0.25) is 0 Å². The fourth-order valence-corrected chi connectivity index (χ4v) is 2.58. The Hall–Kier alpha value is -1.42. The molecule has 1 aromatic carbocycles. The van der Waals surface area contributed by atoms with Gasteiger partial charge >= 0.3 is 5.97 Å². The number of benzene rings is 1. The SMILES string of the molecule is NCC(CC1CCC1)(C(=O)O)c1ccc(F)cc1. The molecule has 3 nitrogen and oxygen atoms in total. The third-order valence-electron chi connectivity index (χ3n) is 4.02. The normalized spacial score (nSPS) is 19.0. The lowest BCUT2D eigenvalue weighted by Gasteiger charge is -2.36. The van der Waals surface area contributed by atoms with Crippen molar-refractivity contribution in [3.05, 3.63) is 35.6 Å². The lowest BCUT2D eigenvalue weighted by molar-refractivity contribution is -0.144. The molecule has 1 aliphatic carbocycles. The molecule has 0 aromatic heterocycles. The Kier molecular flexibility index (Phi) is 3.66. The number of carboxylic acids is 1. The molecule has 4 heteroatoms. The number of hydrogen-bond donors (Lipinski definition) is 2. The first-order valence-electron chi connectivity index (χ1n) is 6.28. The van der Waals surface area contributed by atoms with E-state index in [1.54, 1.807) is 0 Å². The summed E-state index contributed by atoms with van der Waals surface area (Å²) in [5.74, 6) is -0.850. The number of aliphatic carboxylic acids is 1. The Morgan fingerprint density at radius 2 is 2.00 bits per heavy atom. The second kappa shape index (κ2) is 5.06. The van der Waals surface area contributed by atoms with Crippen molar-refractivity contribution in [3.8, 4) is 0 Å². The molecule has 18 heavy (non-hydrogen) atoms. The quantitative estimate of drug-likeness (QED) is 0.844. The molecule has 1 fully saturated rings. The van der Waals surface area contributed by atoms with E-state index in [1.165, 1.54) is 24.3 Å². The smallest absolute Gasteiger partial charge is 0.315 e. The number of carboxylic acid groups (broad SMARTS) is 1. The zero-order valence-corrected chi connectivity index (χ0v) is 10.2. The van der Waals surface area contributed by atoms with E-state index in [0.29, 0.717) is 17.9 Å². The standard InChI is InChI=1S/C14H18FNO2/c15-12-6-4-11(5-7-12)14(9-16,13(17)18)8-10-2-1-3-10/h4-7,10H,1-3,8-9,16H2,(H,17,18). The minimum atomic E-state index is -1.07. The minimum absolute atomic E-state index is 0.0461. The molecule has 0 radical (unpaired) electrons. The van der Waals surface area contributed by atoms with Crippen molar-refractivity contribution < 1.29 is 14.3 Å². The molecule has 0 bridgehead atoms. The highest BCUT2D eigenvalue weighted by Gasteiger charge is 2.42. The largest absolute Gasteiger partial charge is 0.481 e. The van der Waals surface area contributed by atoms with Crippen LogP contribution in [-0.2, 0) is 10.2 Å². The van der Waals surface area contributed by atoms with Gasteiger partial charge < -0.3 is 10.8 Å². The third-order valence-corrected chi connectivity index (χ3v) is 4.02. The summed E-state index contributed by atoms with van der Waals surface area (Å²) < 4.78 is 12.9. The average Bonchev–Trinajstić information content (AvgIpc) is 2.30. The summed E-state index contributed by atoms with van der Waals surface area (Å²) in [6.07, 6.45) is 3.84. The van der Waals surface area contributed by atoms with Crippen LogP contribution in [0.4, 0.5) is 4.39 Å². The van der Waals surface area contributed by atoms with Crippen LogP contribution >= 0.6 is 0 Å². The van der Waals surface area contributed by atoms with Gasteiger partial charge in [-0.2, -0.15) is 0 Å². The second-order valence-corrected chi connectivity index (χ2v) is 5.10. The van der Waals surface area contributed by atoms with E-state index in [1.807, 2.05) is 0 Å². The van der Waals surface area contributed by atoms with Crippen LogP contribution in [0.5, 0.6) is 0 Å². The Morgan fingerprint density at radius 1 is 1.39 bits per heavy atom. The van der Waals surface area contributed by atoms with Crippen LogP contribution in [-0.4, -0.2) is 17.6 Å². The molecule has 0 saturated heterocycles. The summed E-state index contributed by atoms with van der Waals surface area (Å²) in [6.45, 7) is 0.0461. The highest BCUT2D eigenvalue weighted by atomic mass is 19.1. The van der Waals surface area contributed by atoms with Crippen molar-refractivity contribution in [1.29, 1.82) is 0 Å². The maximum absolute atomic E-state index is 12.9. The Morgan fingerprint density at radius 3 is 2.39 bits per heavy atom. The highest BCUT2D eigenvalue weighted by molar-refractivity contribution is 5.81. The second-order valence-electron chi connectivity index (χ2n) is 5.10. The van der Waals surface area contributed by atoms with Crippen LogP contribution in [0.3, 0.4) is 0 Å². The number of nitrogens with two attached hydrogens (primary N) is 1. The van der Waals surface area contributed by atoms with Gasteiger partial charge in [-0.1, -0.05) is 31.4 Å². The number of halogens is 1. The highest BCUT2D eigenvalue weighted by Crippen LogP contribution is 2.39. The molecule has 1 aromatic rings. The van der Waals surface area contributed by atoms with Gasteiger partial charge in [0, 0.05) is 6.54 Å². The van der Waals surface area contributed by atoms with Gasteiger partial charge in [-0.05, 0) is 30.0 Å². The molecule has 0 amide bonds. The summed E-state index contributed by atoms with van der Waals surface area (Å²) in [7, 11) is 0. The van der Waals surface area contributed by atoms with Crippen LogP contribution in [0, 0.1) is 11.7 Å². The summed E-state index contributed by atoms with van der Waals surface area (Å²) in [5.41, 5.74) is 5.26. The van der Waals surface area contributed by atoms with Crippen molar-refractivity contribution in [2.75, 3.05) is 6.54 Å². The molecule has 1 saturated carbocycles. The molecule has 1 unspecified atom stereocenters. The number of rotatable bonds is 5. The number of carbonyl (C=O) groups is 1. The van der Waals surface area contributed by atoms with Gasteiger partial charge in [-0.3, -0.25) is 4.79 Å². The lowest BCUT2D eigenvalue weighted by atomic mass is 9.68. The lowest BCUT2D eigenvalue weighted by Crippen LogP contribution is -2.45. The topological polar surface area (TPSA) is 63.3 Å². The third kappa shape index (κ3) is 2.25. The number of hydrogen-bond acceptors (Lipinski definition) is 2. The van der Waals surface area contributed by atoms with Gasteiger partial charge in [0.25, 0.3) is 0 Å². The van der Waals surface area contributed by atoms with E-state index in [2.05, 4.69) is 0 Å². The van der Waals surface area contributed by atoms with Gasteiger partial charge in [0.2, 0.25) is 0 Å². The van der Waals surface area contributed by atoms with Crippen molar-refractivity contribution in [2.45, 2.75) is 31.1 Å². The molecule has 1 aliphatic rings. The maximum Gasteiger partial charge on any atom is 0.315 e. The fraction of sp³-hybridized carbons (Fsp3) is 0.500. The van der Waals surface area contributed by atoms with Gasteiger partial charge in [-0.25, -0.2) is 4.39 Å². The molecular weight excluding hydrogens is 233 g/mol. The summed E-state index contributed by atoms with van der Waals surface area (Å²) in [5, 5.41) is 9.54. The average molecular weight is 251 g/mol. The molecule has 98 valence electrons. The molecule has 0 aliphatic heterocycles. The van der Waals surface area contributed by atoms with Gasteiger partial charge in [0.05, 0.1) is 0 Å². The van der Waals surface area contributed by atoms with Crippen molar-refractivity contribution >= 4 is 5.97 Å². The molecule has 0 spiro atoms. The Labute approximate surface area is 106 Å². The van der Waals surface area contributed by atoms with Gasteiger partial charge in [0.1, 0.15) is 11.2 Å². The molecule has 2 rings (SSSR count). The van der Waals surface area contributed by atoms with Crippen LogP contribution in [0.1, 0.15) is 31.2 Å².